The van der Waals surface area contributed by atoms with E-state index >= 15 is 0 Å². The van der Waals surface area contributed by atoms with Gasteiger partial charge in [0.1, 0.15) is 9.79 Å². The van der Waals surface area contributed by atoms with Crippen molar-refractivity contribution in [2.45, 2.75) is 16.7 Å². The first-order valence-corrected chi connectivity index (χ1v) is 12.6. The summed E-state index contributed by atoms with van der Waals surface area (Å²) in [4.78, 5) is 12.3. The molecular weight excluding hydrogens is 464 g/mol. The predicted molar refractivity (Wildman–Crippen MR) is 122 cm³/mol. The summed E-state index contributed by atoms with van der Waals surface area (Å²) < 4.78 is 62.1. The molecule has 9 heteroatoms. The van der Waals surface area contributed by atoms with Crippen LogP contribution in [0.2, 0.25) is 0 Å². The molecule has 4 aromatic rings. The van der Waals surface area contributed by atoms with Crippen molar-refractivity contribution < 1.29 is 30.0 Å². The van der Waals surface area contributed by atoms with Crippen molar-refractivity contribution in [2.75, 3.05) is 0 Å². The van der Waals surface area contributed by atoms with Crippen molar-refractivity contribution in [3.8, 4) is 11.5 Å². The maximum Gasteiger partial charge on any atom is 0.339 e. The molecule has 0 bridgehead atoms. The molecule has 0 spiro atoms. The first-order chi connectivity index (χ1) is 15.7. The quantitative estimate of drug-likeness (QED) is 0.281. The fraction of sp³-hybridized carbons (Fsp3) is 0.0417. The number of hydrogen-bond donors (Lipinski definition) is 0. The molecule has 0 fully saturated rings. The summed E-state index contributed by atoms with van der Waals surface area (Å²) in [6, 6.07) is 22.5. The van der Waals surface area contributed by atoms with Crippen LogP contribution >= 0.6 is 0 Å². The minimum absolute atomic E-state index is 0.0644. The summed E-state index contributed by atoms with van der Waals surface area (Å²) in [5, 5.41) is 0.475. The van der Waals surface area contributed by atoms with E-state index in [0.717, 1.165) is 0 Å². The molecule has 0 saturated heterocycles. The SMILES string of the molecule is CC(=O)c1cc(OS(=O)(=O)c2ccccc2)c2ccccc2c1OS(=O)(=O)c1ccccc1. The topological polar surface area (TPSA) is 104 Å². The normalized spacial score (nSPS) is 11.8. The molecule has 0 aliphatic heterocycles. The van der Waals surface area contributed by atoms with Gasteiger partial charge in [-0.3, -0.25) is 4.79 Å². The number of hydrogen-bond acceptors (Lipinski definition) is 7. The number of carbonyl (C=O) groups excluding carboxylic acids is 1. The van der Waals surface area contributed by atoms with Crippen LogP contribution in [0.25, 0.3) is 10.8 Å². The first kappa shape index (κ1) is 22.5. The highest BCUT2D eigenvalue weighted by atomic mass is 32.2. The molecule has 0 heterocycles. The van der Waals surface area contributed by atoms with Crippen molar-refractivity contribution in [1.82, 2.24) is 0 Å². The van der Waals surface area contributed by atoms with E-state index in [9.17, 15) is 21.6 Å². The van der Waals surface area contributed by atoms with Crippen molar-refractivity contribution in [2.24, 2.45) is 0 Å². The lowest BCUT2D eigenvalue weighted by molar-refractivity contribution is 0.101. The number of rotatable bonds is 7. The second-order valence-electron chi connectivity index (χ2n) is 7.05. The zero-order valence-electron chi connectivity index (χ0n) is 17.3. The molecule has 4 aromatic carbocycles. The van der Waals surface area contributed by atoms with Gasteiger partial charge in [-0.15, -0.1) is 0 Å². The maximum atomic E-state index is 12.9. The van der Waals surface area contributed by atoms with E-state index in [4.69, 9.17) is 8.37 Å². The highest BCUT2D eigenvalue weighted by Gasteiger charge is 2.26. The Balaban J connectivity index is 1.89. The Bertz CT molecular complexity index is 1550. The smallest absolute Gasteiger partial charge is 0.339 e. The molecule has 0 amide bonds. The highest BCUT2D eigenvalue weighted by Crippen LogP contribution is 2.39. The van der Waals surface area contributed by atoms with Gasteiger partial charge in [0.2, 0.25) is 0 Å². The number of fused-ring (bicyclic) bond motifs is 1. The first-order valence-electron chi connectivity index (χ1n) is 9.75. The Morgan fingerprint density at radius 2 is 1.09 bits per heavy atom. The monoisotopic (exact) mass is 482 g/mol. The molecule has 0 N–H and O–H groups in total. The second-order valence-corrected chi connectivity index (χ2v) is 10.1. The third-order valence-corrected chi connectivity index (χ3v) is 7.28. The summed E-state index contributed by atoms with van der Waals surface area (Å²) in [5.74, 6) is -0.850. The molecular formula is C24H18O7S2. The Labute approximate surface area is 191 Å². The van der Waals surface area contributed by atoms with E-state index in [0.29, 0.717) is 0 Å². The van der Waals surface area contributed by atoms with Crippen molar-refractivity contribution in [3.63, 3.8) is 0 Å². The van der Waals surface area contributed by atoms with Crippen LogP contribution in [0.5, 0.6) is 11.5 Å². The molecule has 0 unspecified atom stereocenters. The highest BCUT2D eigenvalue weighted by molar-refractivity contribution is 7.87. The van der Waals surface area contributed by atoms with Gasteiger partial charge >= 0.3 is 20.2 Å². The van der Waals surface area contributed by atoms with Crippen LogP contribution in [0, 0.1) is 0 Å². The van der Waals surface area contributed by atoms with Crippen LogP contribution in [0.15, 0.2) is 101 Å². The zero-order chi connectivity index (χ0) is 23.6. The third-order valence-electron chi connectivity index (χ3n) is 4.79. The van der Waals surface area contributed by atoms with Crippen LogP contribution in [-0.4, -0.2) is 22.6 Å². The van der Waals surface area contributed by atoms with Crippen molar-refractivity contribution >= 4 is 36.8 Å². The zero-order valence-corrected chi connectivity index (χ0v) is 19.0. The second kappa shape index (κ2) is 8.68. The van der Waals surface area contributed by atoms with E-state index in [1.54, 1.807) is 54.6 Å². The fourth-order valence-electron chi connectivity index (χ4n) is 3.23. The summed E-state index contributed by atoms with van der Waals surface area (Å²) in [6.45, 7) is 1.22. The molecule has 168 valence electrons. The van der Waals surface area contributed by atoms with Gasteiger partial charge < -0.3 is 8.37 Å². The van der Waals surface area contributed by atoms with Crippen LogP contribution in [0.3, 0.4) is 0 Å². The molecule has 7 nitrogen and oxygen atoms in total. The molecule has 0 aliphatic rings. The number of Topliss-reactive ketones (excluding diaryl/α,β-unsaturated/α-hetero) is 1. The van der Waals surface area contributed by atoms with E-state index < -0.39 is 26.0 Å². The van der Waals surface area contributed by atoms with Crippen molar-refractivity contribution in [1.29, 1.82) is 0 Å². The number of carbonyl (C=O) groups is 1. The van der Waals surface area contributed by atoms with Crippen LogP contribution in [0.1, 0.15) is 17.3 Å². The van der Waals surface area contributed by atoms with Crippen molar-refractivity contribution in [3.05, 3.63) is 96.6 Å². The molecule has 0 atom stereocenters. The van der Waals surface area contributed by atoms with E-state index in [1.165, 1.54) is 43.3 Å². The van der Waals surface area contributed by atoms with Gasteiger partial charge in [-0.25, -0.2) is 0 Å². The Morgan fingerprint density at radius 3 is 1.61 bits per heavy atom. The summed E-state index contributed by atoms with van der Waals surface area (Å²) in [5.41, 5.74) is -0.133. The molecule has 0 radical (unpaired) electrons. The van der Waals surface area contributed by atoms with Gasteiger partial charge in [0.25, 0.3) is 0 Å². The Hall–Kier alpha value is -3.69. The standard InChI is InChI=1S/C24H18O7S2/c1-17(25)22-16-23(30-32(26,27)18-10-4-2-5-11-18)20-14-8-9-15-21(20)24(22)31-33(28,29)19-12-6-3-7-13-19/h2-16H,1H3. The van der Waals surface area contributed by atoms with Crippen LogP contribution in [0.4, 0.5) is 0 Å². The lowest BCUT2D eigenvalue weighted by atomic mass is 10.0. The van der Waals surface area contributed by atoms with Gasteiger partial charge in [-0.2, -0.15) is 16.8 Å². The molecule has 4 rings (SSSR count). The summed E-state index contributed by atoms with van der Waals surface area (Å²) in [6.07, 6.45) is 0. The maximum absolute atomic E-state index is 12.9. The predicted octanol–water partition coefficient (Wildman–Crippen LogP) is 4.58. The summed E-state index contributed by atoms with van der Waals surface area (Å²) in [7, 11) is -8.47. The Morgan fingerprint density at radius 1 is 0.636 bits per heavy atom. The fourth-order valence-corrected chi connectivity index (χ4v) is 5.18. The van der Waals surface area contributed by atoms with E-state index in [-0.39, 0.29) is 37.6 Å². The lowest BCUT2D eigenvalue weighted by Gasteiger charge is -2.16. The van der Waals surface area contributed by atoms with E-state index in [1.807, 2.05) is 0 Å². The minimum atomic E-state index is -4.26. The summed E-state index contributed by atoms with van der Waals surface area (Å²) >= 11 is 0. The molecule has 0 saturated carbocycles. The molecule has 0 aliphatic carbocycles. The lowest BCUT2D eigenvalue weighted by Crippen LogP contribution is -2.14. The number of benzene rings is 4. The van der Waals surface area contributed by atoms with Crippen LogP contribution in [-0.2, 0) is 20.2 Å². The van der Waals surface area contributed by atoms with Gasteiger partial charge in [-0.1, -0.05) is 60.7 Å². The minimum Gasteiger partial charge on any atom is -0.378 e. The largest absolute Gasteiger partial charge is 0.378 e. The Kier molecular flexibility index (Phi) is 5.92. The van der Waals surface area contributed by atoms with Gasteiger partial charge in [0.15, 0.2) is 17.3 Å². The van der Waals surface area contributed by atoms with Crippen LogP contribution < -0.4 is 8.37 Å². The van der Waals surface area contributed by atoms with Gasteiger partial charge in [0, 0.05) is 10.8 Å². The molecule has 33 heavy (non-hydrogen) atoms. The third kappa shape index (κ3) is 4.59. The molecule has 0 aromatic heterocycles. The van der Waals surface area contributed by atoms with Gasteiger partial charge in [-0.05, 0) is 37.3 Å². The van der Waals surface area contributed by atoms with Gasteiger partial charge in [0.05, 0.1) is 5.56 Å². The van der Waals surface area contributed by atoms with E-state index in [2.05, 4.69) is 0 Å². The average Bonchev–Trinajstić information content (AvgIpc) is 2.81. The number of ketones is 1. The average molecular weight is 483 g/mol.